The fourth-order valence-electron chi connectivity index (χ4n) is 5.57. The van der Waals surface area contributed by atoms with Crippen molar-refractivity contribution in [2.24, 2.45) is 5.73 Å². The predicted octanol–water partition coefficient (Wildman–Crippen LogP) is 7.29. The predicted molar refractivity (Wildman–Crippen MR) is 151 cm³/mol. The highest BCUT2D eigenvalue weighted by Gasteiger charge is 2.41. The number of aryl methyl sites for hydroxylation is 3. The first-order chi connectivity index (χ1) is 18.7. The third-order valence-electron chi connectivity index (χ3n) is 7.57. The van der Waals surface area contributed by atoms with Crippen molar-refractivity contribution < 1.29 is 13.9 Å². The molecule has 2 N–H and O–H groups in total. The molecule has 1 atom stereocenters. The average Bonchev–Trinajstić information content (AvgIpc) is 2.90. The molecule has 0 saturated heterocycles. The highest BCUT2D eigenvalue weighted by molar-refractivity contribution is 6.30. The van der Waals surface area contributed by atoms with E-state index in [1.54, 1.807) is 12.1 Å². The van der Waals surface area contributed by atoms with E-state index in [0.717, 1.165) is 39.2 Å². The number of ketones is 1. The Morgan fingerprint density at radius 1 is 1.05 bits per heavy atom. The molecule has 198 valence electrons. The van der Waals surface area contributed by atoms with Crippen LogP contribution in [0.3, 0.4) is 0 Å². The van der Waals surface area contributed by atoms with Crippen LogP contribution < -0.4 is 15.4 Å². The topological polar surface area (TPSA) is 79.4 Å². The molecule has 39 heavy (non-hydrogen) atoms. The molecule has 0 aromatic heterocycles. The smallest absolute Gasteiger partial charge is 0.161 e. The van der Waals surface area contributed by atoms with Crippen molar-refractivity contribution >= 4 is 23.1 Å². The molecular formula is C32H29ClFN3O2. The lowest BCUT2D eigenvalue weighted by molar-refractivity contribution is -0.116. The molecule has 0 spiro atoms. The number of hydrogen-bond acceptors (Lipinski definition) is 5. The van der Waals surface area contributed by atoms with Crippen molar-refractivity contribution in [3.8, 4) is 11.8 Å². The van der Waals surface area contributed by atoms with Crippen molar-refractivity contribution in [3.63, 3.8) is 0 Å². The zero-order chi connectivity index (χ0) is 27.8. The molecule has 1 heterocycles. The van der Waals surface area contributed by atoms with E-state index in [1.165, 1.54) is 12.1 Å². The van der Waals surface area contributed by atoms with E-state index in [0.29, 0.717) is 47.0 Å². The Balaban J connectivity index is 1.64. The summed E-state index contributed by atoms with van der Waals surface area (Å²) < 4.78 is 19.3. The molecule has 5 rings (SSSR count). The summed E-state index contributed by atoms with van der Waals surface area (Å²) in [5, 5.41) is 11.0. The Labute approximate surface area is 233 Å². The number of Topliss-reactive ketones (excluding diaryl/α,β-unsaturated/α-hetero) is 1. The van der Waals surface area contributed by atoms with Crippen LogP contribution in [0.2, 0.25) is 5.02 Å². The number of anilines is 1. The third kappa shape index (κ3) is 4.91. The normalized spacial score (nSPS) is 17.3. The molecule has 3 aromatic carbocycles. The first-order valence-electron chi connectivity index (χ1n) is 12.9. The lowest BCUT2D eigenvalue weighted by Crippen LogP contribution is -2.39. The summed E-state index contributed by atoms with van der Waals surface area (Å²) in [6.45, 7) is 6.20. The van der Waals surface area contributed by atoms with Crippen LogP contribution in [0.1, 0.15) is 53.0 Å². The summed E-state index contributed by atoms with van der Waals surface area (Å²) in [6, 6.07) is 17.8. The molecule has 3 aromatic rings. The monoisotopic (exact) mass is 541 g/mol. The number of carbonyl (C=O) groups is 1. The van der Waals surface area contributed by atoms with E-state index in [2.05, 4.69) is 6.07 Å². The number of nitriles is 1. The lowest BCUT2D eigenvalue weighted by Gasteiger charge is -2.40. The quantitative estimate of drug-likeness (QED) is 0.367. The molecule has 0 radical (unpaired) electrons. The minimum Gasteiger partial charge on any atom is -0.489 e. The number of nitrogens with zero attached hydrogens (tertiary/aromatic N) is 2. The second kappa shape index (κ2) is 10.6. The van der Waals surface area contributed by atoms with E-state index in [9.17, 15) is 14.4 Å². The molecule has 1 aliphatic carbocycles. The Morgan fingerprint density at radius 3 is 2.51 bits per heavy atom. The number of halogens is 2. The first-order valence-corrected chi connectivity index (χ1v) is 13.3. The standard InChI is InChI=1S/C32H29ClFN3O2/c1-18-7-8-22(33)15-28(18)37-27-5-4-6-29(38)31(27)30(26(16-35)32(37)36)25-14-21(19(2)13-20(25)3)17-39-24-11-9-23(34)10-12-24/h7-15,30H,4-6,17,36H2,1-3H3. The summed E-state index contributed by atoms with van der Waals surface area (Å²) in [5.41, 5.74) is 14.0. The molecule has 0 fully saturated rings. The second-order valence-electron chi connectivity index (χ2n) is 10.1. The Kier molecular flexibility index (Phi) is 7.20. The number of carbonyl (C=O) groups excluding carboxylic acids is 1. The number of benzene rings is 3. The lowest BCUT2D eigenvalue weighted by atomic mass is 9.74. The van der Waals surface area contributed by atoms with Crippen LogP contribution in [0.4, 0.5) is 10.1 Å². The summed E-state index contributed by atoms with van der Waals surface area (Å²) in [5.74, 6) is -0.0260. The number of hydrogen-bond donors (Lipinski definition) is 1. The maximum Gasteiger partial charge on any atom is 0.161 e. The Hall–Kier alpha value is -4.08. The second-order valence-corrected chi connectivity index (χ2v) is 10.6. The summed E-state index contributed by atoms with van der Waals surface area (Å²) in [6.07, 6.45) is 1.79. The molecule has 0 bridgehead atoms. The number of ether oxygens (including phenoxy) is 1. The Bertz CT molecular complexity index is 1580. The van der Waals surface area contributed by atoms with Gasteiger partial charge in [0, 0.05) is 22.7 Å². The fourth-order valence-corrected chi connectivity index (χ4v) is 5.74. The highest BCUT2D eigenvalue weighted by atomic mass is 35.5. The summed E-state index contributed by atoms with van der Waals surface area (Å²) in [4.78, 5) is 15.4. The number of nitrogens with two attached hydrogens (primary N) is 1. The molecular weight excluding hydrogens is 513 g/mol. The number of allylic oxidation sites excluding steroid dienone is 3. The van der Waals surface area contributed by atoms with Crippen molar-refractivity contribution in [1.29, 1.82) is 5.26 Å². The van der Waals surface area contributed by atoms with Crippen LogP contribution >= 0.6 is 11.6 Å². The van der Waals surface area contributed by atoms with Crippen molar-refractivity contribution in [1.82, 2.24) is 0 Å². The van der Waals surface area contributed by atoms with Crippen LogP contribution in [-0.2, 0) is 11.4 Å². The van der Waals surface area contributed by atoms with Gasteiger partial charge < -0.3 is 10.5 Å². The van der Waals surface area contributed by atoms with Gasteiger partial charge in [-0.2, -0.15) is 5.26 Å². The zero-order valence-corrected chi connectivity index (χ0v) is 22.9. The Morgan fingerprint density at radius 2 is 1.79 bits per heavy atom. The van der Waals surface area contributed by atoms with Gasteiger partial charge in [0.15, 0.2) is 5.78 Å². The first kappa shape index (κ1) is 26.5. The maximum atomic E-state index is 13.6. The molecule has 1 aliphatic heterocycles. The zero-order valence-electron chi connectivity index (χ0n) is 22.1. The van der Waals surface area contributed by atoms with Crippen molar-refractivity contribution in [3.05, 3.63) is 116 Å². The molecule has 0 amide bonds. The largest absolute Gasteiger partial charge is 0.489 e. The third-order valence-corrected chi connectivity index (χ3v) is 7.80. The van der Waals surface area contributed by atoms with Crippen LogP contribution in [0.5, 0.6) is 5.75 Å². The van der Waals surface area contributed by atoms with Gasteiger partial charge in [-0.15, -0.1) is 0 Å². The molecule has 2 aliphatic rings. The van der Waals surface area contributed by atoms with Gasteiger partial charge in [-0.3, -0.25) is 9.69 Å². The minimum absolute atomic E-state index is 0.0234. The van der Waals surface area contributed by atoms with Crippen LogP contribution in [0, 0.1) is 37.9 Å². The average molecular weight is 542 g/mol. The van der Waals surface area contributed by atoms with Gasteiger partial charge in [-0.25, -0.2) is 4.39 Å². The van der Waals surface area contributed by atoms with E-state index >= 15 is 0 Å². The number of rotatable bonds is 5. The van der Waals surface area contributed by atoms with E-state index in [1.807, 2.05) is 56.0 Å². The van der Waals surface area contributed by atoms with Gasteiger partial charge >= 0.3 is 0 Å². The fraction of sp³-hybridized carbons (Fsp3) is 0.250. The highest BCUT2D eigenvalue weighted by Crippen LogP contribution is 2.48. The van der Waals surface area contributed by atoms with E-state index in [4.69, 9.17) is 22.1 Å². The van der Waals surface area contributed by atoms with Gasteiger partial charge in [0.1, 0.15) is 24.0 Å². The maximum absolute atomic E-state index is 13.6. The van der Waals surface area contributed by atoms with Gasteiger partial charge in [-0.05, 0) is 97.8 Å². The van der Waals surface area contributed by atoms with Gasteiger partial charge in [0.25, 0.3) is 0 Å². The van der Waals surface area contributed by atoms with Crippen LogP contribution in [0.15, 0.2) is 77.3 Å². The van der Waals surface area contributed by atoms with Gasteiger partial charge in [-0.1, -0.05) is 29.8 Å². The SMILES string of the molecule is Cc1cc(C)c(C2C(C#N)=C(N)N(c3cc(Cl)ccc3C)C3=C2C(=O)CCC3)cc1COc1ccc(F)cc1. The minimum atomic E-state index is -0.585. The van der Waals surface area contributed by atoms with Crippen LogP contribution in [0.25, 0.3) is 0 Å². The summed E-state index contributed by atoms with van der Waals surface area (Å²) >= 11 is 6.36. The van der Waals surface area contributed by atoms with Crippen LogP contribution in [-0.4, -0.2) is 5.78 Å². The molecule has 7 heteroatoms. The van der Waals surface area contributed by atoms with Gasteiger partial charge in [0.2, 0.25) is 0 Å². The van der Waals surface area contributed by atoms with E-state index in [-0.39, 0.29) is 18.2 Å². The molecule has 5 nitrogen and oxygen atoms in total. The summed E-state index contributed by atoms with van der Waals surface area (Å²) in [7, 11) is 0. The van der Waals surface area contributed by atoms with Gasteiger partial charge in [0.05, 0.1) is 23.2 Å². The van der Waals surface area contributed by atoms with E-state index < -0.39 is 5.92 Å². The molecule has 0 saturated carbocycles. The van der Waals surface area contributed by atoms with Crippen molar-refractivity contribution in [2.75, 3.05) is 4.90 Å². The molecule has 1 unspecified atom stereocenters. The van der Waals surface area contributed by atoms with Crippen molar-refractivity contribution in [2.45, 2.75) is 52.6 Å².